The van der Waals surface area contributed by atoms with E-state index in [9.17, 15) is 0 Å². The van der Waals surface area contributed by atoms with Gasteiger partial charge >= 0.3 is 0 Å². The molecular formula is C5H5Cl2NS2. The molecule has 1 aromatic rings. The lowest BCUT2D eigenvalue weighted by Crippen LogP contribution is -1.76. The van der Waals surface area contributed by atoms with Crippen LogP contribution in [0.4, 0.5) is 0 Å². The van der Waals surface area contributed by atoms with E-state index in [0.29, 0.717) is 11.0 Å². The zero-order chi connectivity index (χ0) is 7.40. The highest BCUT2D eigenvalue weighted by Crippen LogP contribution is 2.24. The van der Waals surface area contributed by atoms with Gasteiger partial charge in [0.15, 0.2) is 4.34 Å². The lowest BCUT2D eigenvalue weighted by atomic mass is 11.0. The van der Waals surface area contributed by atoms with Gasteiger partial charge in [-0.05, 0) is 0 Å². The molecule has 0 bridgehead atoms. The summed E-state index contributed by atoms with van der Waals surface area (Å²) in [5, 5.41) is 2.39. The van der Waals surface area contributed by atoms with E-state index in [1.54, 1.807) is 23.1 Å². The molecule has 0 aromatic carbocycles. The van der Waals surface area contributed by atoms with Crippen LogP contribution in [-0.4, -0.2) is 16.6 Å². The lowest BCUT2D eigenvalue weighted by molar-refractivity contribution is 1.25. The zero-order valence-corrected chi connectivity index (χ0v) is 8.16. The molecule has 5 heteroatoms. The quantitative estimate of drug-likeness (QED) is 0.566. The van der Waals surface area contributed by atoms with Crippen molar-refractivity contribution in [1.29, 1.82) is 0 Å². The molecule has 0 radical (unpaired) electrons. The number of alkyl halides is 1. The average Bonchev–Trinajstić information content (AvgIpc) is 2.31. The average molecular weight is 214 g/mol. The van der Waals surface area contributed by atoms with Gasteiger partial charge < -0.3 is 0 Å². The van der Waals surface area contributed by atoms with Gasteiger partial charge in [0.2, 0.25) is 0 Å². The van der Waals surface area contributed by atoms with Crippen molar-refractivity contribution in [1.82, 2.24) is 4.98 Å². The zero-order valence-electron chi connectivity index (χ0n) is 5.01. The van der Waals surface area contributed by atoms with Crippen LogP contribution in [0.1, 0.15) is 0 Å². The number of hydrogen-bond donors (Lipinski definition) is 0. The molecule has 56 valence electrons. The fourth-order valence-corrected chi connectivity index (χ4v) is 2.46. The fraction of sp³-hybridized carbons (Fsp3) is 0.400. The first-order valence-electron chi connectivity index (χ1n) is 2.62. The smallest absolute Gasteiger partial charge is 0.151 e. The third-order valence-corrected chi connectivity index (χ3v) is 3.52. The van der Waals surface area contributed by atoms with Crippen molar-refractivity contribution in [3.8, 4) is 0 Å². The second-order valence-electron chi connectivity index (χ2n) is 1.47. The number of thioether (sulfide) groups is 1. The maximum absolute atomic E-state index is 5.59. The SMILES string of the molecule is ClCCSc1nc(Cl)cs1. The molecule has 0 saturated carbocycles. The number of nitrogens with zero attached hydrogens (tertiary/aromatic N) is 1. The van der Waals surface area contributed by atoms with Gasteiger partial charge in [-0.1, -0.05) is 23.4 Å². The van der Waals surface area contributed by atoms with Gasteiger partial charge in [-0.25, -0.2) is 4.98 Å². The molecule has 10 heavy (non-hydrogen) atoms. The van der Waals surface area contributed by atoms with Crippen molar-refractivity contribution in [3.05, 3.63) is 10.5 Å². The predicted octanol–water partition coefficient (Wildman–Crippen LogP) is 3.13. The first-order chi connectivity index (χ1) is 4.83. The number of thiazole rings is 1. The molecule has 0 aliphatic carbocycles. The Morgan fingerprint density at radius 2 is 2.50 bits per heavy atom. The molecule has 1 aromatic heterocycles. The Morgan fingerprint density at radius 1 is 1.70 bits per heavy atom. The monoisotopic (exact) mass is 213 g/mol. The summed E-state index contributed by atoms with van der Waals surface area (Å²) in [6.45, 7) is 0. The van der Waals surface area contributed by atoms with Gasteiger partial charge in [0, 0.05) is 17.0 Å². The van der Waals surface area contributed by atoms with Gasteiger partial charge in [-0.2, -0.15) is 0 Å². The highest BCUT2D eigenvalue weighted by atomic mass is 35.5. The van der Waals surface area contributed by atoms with Crippen LogP contribution in [0.3, 0.4) is 0 Å². The van der Waals surface area contributed by atoms with Crippen LogP contribution in [-0.2, 0) is 0 Å². The molecular weight excluding hydrogens is 209 g/mol. The minimum atomic E-state index is 0.571. The van der Waals surface area contributed by atoms with Crippen LogP contribution in [0.2, 0.25) is 5.15 Å². The van der Waals surface area contributed by atoms with Gasteiger partial charge in [0.25, 0.3) is 0 Å². The Labute approximate surface area is 77.8 Å². The fourth-order valence-electron chi connectivity index (χ4n) is 0.431. The topological polar surface area (TPSA) is 12.9 Å². The molecule has 0 N–H and O–H groups in total. The summed E-state index contributed by atoms with van der Waals surface area (Å²) in [6, 6.07) is 0. The Kier molecular flexibility index (Phi) is 3.84. The maximum Gasteiger partial charge on any atom is 0.151 e. The van der Waals surface area contributed by atoms with E-state index in [-0.39, 0.29) is 0 Å². The Hall–Kier alpha value is 0.560. The van der Waals surface area contributed by atoms with E-state index in [2.05, 4.69) is 4.98 Å². The van der Waals surface area contributed by atoms with Crippen molar-refractivity contribution < 1.29 is 0 Å². The van der Waals surface area contributed by atoms with Gasteiger partial charge in [-0.15, -0.1) is 22.9 Å². The summed E-state index contributed by atoms with van der Waals surface area (Å²) < 4.78 is 0.991. The van der Waals surface area contributed by atoms with Gasteiger partial charge in [0.1, 0.15) is 5.15 Å². The molecule has 0 amide bonds. The number of halogens is 2. The molecule has 0 fully saturated rings. The standard InChI is InChI=1S/C5H5Cl2NS2/c6-1-2-9-5-8-4(7)3-10-5/h3H,1-2H2. The van der Waals surface area contributed by atoms with Crippen LogP contribution in [0.15, 0.2) is 9.72 Å². The molecule has 0 aliphatic rings. The largest absolute Gasteiger partial charge is 0.218 e. The molecule has 0 saturated heterocycles. The van der Waals surface area contributed by atoms with Gasteiger partial charge in [0.05, 0.1) is 0 Å². The van der Waals surface area contributed by atoms with Crippen LogP contribution in [0.5, 0.6) is 0 Å². The van der Waals surface area contributed by atoms with Crippen LogP contribution in [0.25, 0.3) is 0 Å². The molecule has 1 rings (SSSR count). The van der Waals surface area contributed by atoms with Gasteiger partial charge in [-0.3, -0.25) is 0 Å². The molecule has 0 atom stereocenters. The van der Waals surface area contributed by atoms with E-state index in [1.165, 1.54) is 0 Å². The first kappa shape index (κ1) is 8.65. The van der Waals surface area contributed by atoms with Crippen molar-refractivity contribution in [3.63, 3.8) is 0 Å². The van der Waals surface area contributed by atoms with E-state index in [0.717, 1.165) is 10.1 Å². The number of rotatable bonds is 3. The third kappa shape index (κ3) is 2.66. The Balaban J connectivity index is 2.42. The van der Waals surface area contributed by atoms with Crippen molar-refractivity contribution in [2.24, 2.45) is 0 Å². The first-order valence-corrected chi connectivity index (χ1v) is 5.40. The molecule has 0 aliphatic heterocycles. The summed E-state index contributed by atoms with van der Waals surface area (Å²) in [7, 11) is 0. The molecule has 0 spiro atoms. The lowest BCUT2D eigenvalue weighted by Gasteiger charge is -1.88. The second-order valence-corrected chi connectivity index (χ2v) is 4.44. The van der Waals surface area contributed by atoms with E-state index < -0.39 is 0 Å². The summed E-state index contributed by atoms with van der Waals surface area (Å²) >= 11 is 14.3. The highest BCUT2D eigenvalue weighted by Gasteiger charge is 1.98. The van der Waals surface area contributed by atoms with Crippen molar-refractivity contribution >= 4 is 46.3 Å². The van der Waals surface area contributed by atoms with E-state index in [4.69, 9.17) is 23.2 Å². The Morgan fingerprint density at radius 3 is 3.00 bits per heavy atom. The second kappa shape index (κ2) is 4.44. The van der Waals surface area contributed by atoms with Crippen molar-refractivity contribution in [2.75, 3.05) is 11.6 Å². The third-order valence-electron chi connectivity index (χ3n) is 0.758. The van der Waals surface area contributed by atoms with E-state index >= 15 is 0 Å². The predicted molar refractivity (Wildman–Crippen MR) is 48.6 cm³/mol. The summed E-state index contributed by atoms with van der Waals surface area (Å²) in [5.74, 6) is 1.55. The normalized spacial score (nSPS) is 10.2. The minimum Gasteiger partial charge on any atom is -0.218 e. The summed E-state index contributed by atoms with van der Waals surface area (Å²) in [5.41, 5.74) is 0. The summed E-state index contributed by atoms with van der Waals surface area (Å²) in [4.78, 5) is 4.04. The summed E-state index contributed by atoms with van der Waals surface area (Å²) in [6.07, 6.45) is 0. The van der Waals surface area contributed by atoms with Crippen LogP contribution >= 0.6 is 46.3 Å². The maximum atomic E-state index is 5.59. The minimum absolute atomic E-state index is 0.571. The number of hydrogen-bond acceptors (Lipinski definition) is 3. The van der Waals surface area contributed by atoms with E-state index in [1.807, 2.05) is 5.38 Å². The highest BCUT2D eigenvalue weighted by molar-refractivity contribution is 8.01. The number of aromatic nitrogens is 1. The molecule has 1 nitrogen and oxygen atoms in total. The Bertz CT molecular complexity index is 201. The molecule has 1 heterocycles. The van der Waals surface area contributed by atoms with Crippen LogP contribution in [0, 0.1) is 0 Å². The molecule has 0 unspecified atom stereocenters. The van der Waals surface area contributed by atoms with Crippen LogP contribution < -0.4 is 0 Å². The van der Waals surface area contributed by atoms with Crippen molar-refractivity contribution in [2.45, 2.75) is 4.34 Å².